The van der Waals surface area contributed by atoms with Gasteiger partial charge in [0.05, 0.1) is 7.57 Å². The molecule has 25 heavy (non-hydrogen) atoms. The summed E-state index contributed by atoms with van der Waals surface area (Å²) in [6, 6.07) is 3.69. The van der Waals surface area contributed by atoms with E-state index < -0.39 is 0 Å². The first-order chi connectivity index (χ1) is 12.1. The van der Waals surface area contributed by atoms with Gasteiger partial charge in [0, 0.05) is 5.38 Å². The molecule has 0 amide bonds. The van der Waals surface area contributed by atoms with Crippen molar-refractivity contribution >= 4 is 54.5 Å². The SMILES string of the molecule is CCCCCCCCCCCCc1ccsc1Br.Fc1csc(Br)c1. The van der Waals surface area contributed by atoms with Gasteiger partial charge in [-0.15, -0.1) is 22.7 Å². The van der Waals surface area contributed by atoms with E-state index in [-0.39, 0.29) is 5.82 Å². The van der Waals surface area contributed by atoms with Crippen molar-refractivity contribution in [2.75, 3.05) is 0 Å². The maximum atomic E-state index is 11.9. The van der Waals surface area contributed by atoms with Gasteiger partial charge in [0.2, 0.25) is 0 Å². The lowest BCUT2D eigenvalue weighted by molar-refractivity contribution is 0.556. The molecule has 0 saturated heterocycles. The summed E-state index contributed by atoms with van der Waals surface area (Å²) in [5, 5.41) is 3.62. The average molecular weight is 512 g/mol. The minimum absolute atomic E-state index is 0.170. The topological polar surface area (TPSA) is 0 Å². The van der Waals surface area contributed by atoms with Crippen LogP contribution in [0.4, 0.5) is 4.39 Å². The number of hydrogen-bond donors (Lipinski definition) is 0. The Morgan fingerprint density at radius 1 is 0.880 bits per heavy atom. The van der Waals surface area contributed by atoms with Gasteiger partial charge in [0.25, 0.3) is 0 Å². The Morgan fingerprint density at radius 3 is 1.88 bits per heavy atom. The second-order valence-electron chi connectivity index (χ2n) is 6.22. The van der Waals surface area contributed by atoms with Crippen molar-refractivity contribution in [3.63, 3.8) is 0 Å². The van der Waals surface area contributed by atoms with Gasteiger partial charge in [-0.05, 0) is 67.8 Å². The molecule has 2 rings (SSSR count). The summed E-state index contributed by atoms with van der Waals surface area (Å²) < 4.78 is 14.1. The molecule has 2 heterocycles. The van der Waals surface area contributed by atoms with Crippen LogP contribution in [0, 0.1) is 5.82 Å². The summed E-state index contributed by atoms with van der Waals surface area (Å²) in [5.41, 5.74) is 1.50. The van der Waals surface area contributed by atoms with Crippen LogP contribution in [0.1, 0.15) is 76.7 Å². The van der Waals surface area contributed by atoms with Gasteiger partial charge in [-0.2, -0.15) is 0 Å². The van der Waals surface area contributed by atoms with E-state index in [1.165, 1.54) is 103 Å². The molecule has 0 saturated carbocycles. The highest BCUT2D eigenvalue weighted by Gasteiger charge is 2.00. The Hall–Kier alpha value is 0.290. The average Bonchev–Trinajstić information content (AvgIpc) is 3.17. The third-order valence-electron chi connectivity index (χ3n) is 4.03. The molecule has 0 spiro atoms. The summed E-state index contributed by atoms with van der Waals surface area (Å²) >= 11 is 9.87. The molecule has 0 aliphatic rings. The van der Waals surface area contributed by atoms with Crippen LogP contribution in [0.2, 0.25) is 0 Å². The molecule has 0 aliphatic heterocycles. The maximum absolute atomic E-state index is 11.9. The van der Waals surface area contributed by atoms with E-state index in [0.29, 0.717) is 0 Å². The molecular formula is C20H29Br2FS2. The van der Waals surface area contributed by atoms with Gasteiger partial charge >= 0.3 is 0 Å². The zero-order chi connectivity index (χ0) is 18.3. The van der Waals surface area contributed by atoms with Gasteiger partial charge in [-0.1, -0.05) is 64.7 Å². The second kappa shape index (κ2) is 15.4. The van der Waals surface area contributed by atoms with E-state index in [4.69, 9.17) is 0 Å². The summed E-state index contributed by atoms with van der Waals surface area (Å²) in [7, 11) is 0. The highest BCUT2D eigenvalue weighted by atomic mass is 79.9. The fourth-order valence-corrected chi connectivity index (χ4v) is 4.89. The van der Waals surface area contributed by atoms with Crippen LogP contribution >= 0.6 is 54.5 Å². The van der Waals surface area contributed by atoms with Gasteiger partial charge in [0.15, 0.2) is 0 Å². The first-order valence-corrected chi connectivity index (χ1v) is 12.6. The fraction of sp³-hybridized carbons (Fsp3) is 0.600. The van der Waals surface area contributed by atoms with E-state index in [2.05, 4.69) is 50.2 Å². The standard InChI is InChI=1S/C16H27BrS.C4H2BrFS/c1-2-3-4-5-6-7-8-9-10-11-12-15-13-14-18-16(15)17;5-4-1-3(6)2-7-4/h13-14H,2-12H2,1H3;1-2H. The lowest BCUT2D eigenvalue weighted by Crippen LogP contribution is -1.85. The first kappa shape index (κ1) is 23.3. The molecule has 2 aromatic heterocycles. The van der Waals surface area contributed by atoms with Crippen LogP contribution in [0.3, 0.4) is 0 Å². The van der Waals surface area contributed by atoms with E-state index >= 15 is 0 Å². The molecule has 0 radical (unpaired) electrons. The molecule has 0 N–H and O–H groups in total. The summed E-state index contributed by atoms with van der Waals surface area (Å²) in [6.45, 7) is 2.28. The Bertz CT molecular complexity index is 535. The number of halogens is 3. The molecule has 142 valence electrons. The van der Waals surface area contributed by atoms with Crippen LogP contribution in [0.5, 0.6) is 0 Å². The predicted molar refractivity (Wildman–Crippen MR) is 120 cm³/mol. The lowest BCUT2D eigenvalue weighted by atomic mass is 10.0. The first-order valence-electron chi connectivity index (χ1n) is 9.25. The molecular weight excluding hydrogens is 483 g/mol. The van der Waals surface area contributed by atoms with Gasteiger partial charge < -0.3 is 0 Å². The third kappa shape index (κ3) is 12.3. The van der Waals surface area contributed by atoms with Crippen LogP contribution in [0.15, 0.2) is 30.5 Å². The smallest absolute Gasteiger partial charge is 0.135 e. The molecule has 2 aromatic rings. The van der Waals surface area contributed by atoms with Crippen molar-refractivity contribution in [3.8, 4) is 0 Å². The van der Waals surface area contributed by atoms with Crippen molar-refractivity contribution < 1.29 is 4.39 Å². The summed E-state index contributed by atoms with van der Waals surface area (Å²) in [4.78, 5) is 0. The molecule has 0 bridgehead atoms. The van der Waals surface area contributed by atoms with Crippen LogP contribution < -0.4 is 0 Å². The molecule has 0 unspecified atom stereocenters. The Morgan fingerprint density at radius 2 is 1.48 bits per heavy atom. The molecule has 0 fully saturated rings. The van der Waals surface area contributed by atoms with E-state index in [1.807, 2.05) is 0 Å². The molecule has 5 heteroatoms. The number of rotatable bonds is 11. The van der Waals surface area contributed by atoms with E-state index in [1.54, 1.807) is 11.3 Å². The third-order valence-corrected chi connectivity index (χ3v) is 7.32. The van der Waals surface area contributed by atoms with Crippen LogP contribution in [-0.4, -0.2) is 0 Å². The highest BCUT2D eigenvalue weighted by Crippen LogP contribution is 2.25. The second-order valence-corrected chi connectivity index (χ2v) is 10.7. The highest BCUT2D eigenvalue weighted by molar-refractivity contribution is 9.11. The number of hydrogen-bond acceptors (Lipinski definition) is 2. The molecule has 0 aromatic carbocycles. The molecule has 0 atom stereocenters. The minimum Gasteiger partial charge on any atom is -0.206 e. The fourth-order valence-electron chi connectivity index (χ4n) is 2.59. The van der Waals surface area contributed by atoms with Crippen molar-refractivity contribution in [3.05, 3.63) is 41.8 Å². The normalized spacial score (nSPS) is 10.6. The van der Waals surface area contributed by atoms with Crippen molar-refractivity contribution in [1.29, 1.82) is 0 Å². The largest absolute Gasteiger partial charge is 0.206 e. The van der Waals surface area contributed by atoms with Gasteiger partial charge in [0.1, 0.15) is 5.82 Å². The summed E-state index contributed by atoms with van der Waals surface area (Å²) in [6.07, 6.45) is 15.5. The number of thiophene rings is 2. The Balaban J connectivity index is 0.000000370. The van der Waals surface area contributed by atoms with Gasteiger partial charge in [-0.3, -0.25) is 0 Å². The van der Waals surface area contributed by atoms with Crippen molar-refractivity contribution in [1.82, 2.24) is 0 Å². The van der Waals surface area contributed by atoms with E-state index in [9.17, 15) is 4.39 Å². The number of aryl methyl sites for hydroxylation is 1. The van der Waals surface area contributed by atoms with Crippen molar-refractivity contribution in [2.24, 2.45) is 0 Å². The predicted octanol–water partition coefficient (Wildman–Crippen LogP) is 9.62. The molecule has 0 nitrogen and oxygen atoms in total. The molecule has 0 aliphatic carbocycles. The number of unbranched alkanes of at least 4 members (excludes halogenated alkanes) is 9. The minimum atomic E-state index is -0.170. The van der Waals surface area contributed by atoms with Crippen molar-refractivity contribution in [2.45, 2.75) is 77.6 Å². The van der Waals surface area contributed by atoms with E-state index in [0.717, 1.165) is 3.79 Å². The van der Waals surface area contributed by atoms with Gasteiger partial charge in [-0.25, -0.2) is 4.39 Å². The monoisotopic (exact) mass is 510 g/mol. The maximum Gasteiger partial charge on any atom is 0.135 e. The zero-order valence-corrected chi connectivity index (χ0v) is 19.8. The zero-order valence-electron chi connectivity index (χ0n) is 15.0. The Kier molecular flexibility index (Phi) is 14.3. The lowest BCUT2D eigenvalue weighted by Gasteiger charge is -2.02. The quantitative estimate of drug-likeness (QED) is 0.263. The van der Waals surface area contributed by atoms with Crippen LogP contribution in [-0.2, 0) is 6.42 Å². The Labute approximate surface area is 177 Å². The summed E-state index contributed by atoms with van der Waals surface area (Å²) in [5.74, 6) is -0.170. The van der Waals surface area contributed by atoms with Crippen LogP contribution in [0.25, 0.3) is 0 Å².